The lowest BCUT2D eigenvalue weighted by molar-refractivity contribution is 0.299. The van der Waals surface area contributed by atoms with Crippen molar-refractivity contribution in [1.29, 1.82) is 0 Å². The Morgan fingerprint density at radius 2 is 2.16 bits per heavy atom. The van der Waals surface area contributed by atoms with Crippen LogP contribution in [-0.2, 0) is 23.7 Å². The Hall–Kier alpha value is -1.93. The third-order valence-electron chi connectivity index (χ3n) is 2.50. The summed E-state index contributed by atoms with van der Waals surface area (Å²) in [5.41, 5.74) is 1.38. The molecule has 1 aromatic carbocycles. The van der Waals surface area contributed by atoms with Crippen LogP contribution in [0.4, 0.5) is 0 Å². The van der Waals surface area contributed by atoms with E-state index < -0.39 is 10.0 Å². The van der Waals surface area contributed by atoms with Crippen molar-refractivity contribution in [1.82, 2.24) is 15.0 Å². The molecule has 0 bridgehead atoms. The van der Waals surface area contributed by atoms with Gasteiger partial charge in [0.25, 0.3) is 0 Å². The van der Waals surface area contributed by atoms with Gasteiger partial charge in [-0.3, -0.25) is 4.68 Å². The Kier molecular flexibility index (Phi) is 3.54. The molecule has 0 aliphatic heterocycles. The minimum atomic E-state index is -3.69. The molecule has 0 fully saturated rings. The molecule has 0 amide bonds. The molecule has 102 valence electrons. The van der Waals surface area contributed by atoms with Gasteiger partial charge >= 0.3 is 0 Å². The van der Waals surface area contributed by atoms with E-state index in [-0.39, 0.29) is 11.5 Å². The number of hydrogen-bond donors (Lipinski definition) is 1. The van der Waals surface area contributed by atoms with Gasteiger partial charge in [0.15, 0.2) is 0 Å². The number of aromatic nitrogens is 3. The number of aryl methyl sites for hydroxylation is 2. The van der Waals surface area contributed by atoms with Gasteiger partial charge in [-0.15, -0.1) is 5.10 Å². The van der Waals surface area contributed by atoms with Crippen LogP contribution in [-0.4, -0.2) is 23.4 Å². The van der Waals surface area contributed by atoms with Crippen LogP contribution < -0.4 is 9.88 Å². The summed E-state index contributed by atoms with van der Waals surface area (Å²) in [7, 11) is -1.92. The lowest BCUT2D eigenvalue weighted by Crippen LogP contribution is -2.12. The highest BCUT2D eigenvalue weighted by molar-refractivity contribution is 7.89. The van der Waals surface area contributed by atoms with Crippen LogP contribution >= 0.6 is 0 Å². The minimum absolute atomic E-state index is 0.0665. The number of benzene rings is 1. The summed E-state index contributed by atoms with van der Waals surface area (Å²) in [4.78, 5) is 0.0665. The van der Waals surface area contributed by atoms with Crippen LogP contribution in [0.1, 0.15) is 11.3 Å². The molecule has 0 radical (unpaired) electrons. The first-order valence-corrected chi connectivity index (χ1v) is 7.02. The molecule has 2 aromatic rings. The fourth-order valence-electron chi connectivity index (χ4n) is 1.57. The molecule has 0 aliphatic rings. The smallest absolute Gasteiger partial charge is 0.238 e. The fourth-order valence-corrected chi connectivity index (χ4v) is 2.17. The van der Waals surface area contributed by atoms with Gasteiger partial charge in [-0.1, -0.05) is 5.21 Å². The standard InChI is InChI=1S/C11H14N4O3S/c1-8-5-10(19(12,16)17)3-4-11(8)18-7-9-6-15(2)14-13-9/h3-6H,7H2,1-2H3,(H2,12,16,17). The van der Waals surface area contributed by atoms with Crippen molar-refractivity contribution >= 4 is 10.0 Å². The van der Waals surface area contributed by atoms with Crippen molar-refractivity contribution in [2.45, 2.75) is 18.4 Å². The van der Waals surface area contributed by atoms with E-state index in [0.29, 0.717) is 17.0 Å². The number of rotatable bonds is 4. The summed E-state index contributed by atoms with van der Waals surface area (Å²) in [6, 6.07) is 4.46. The Morgan fingerprint density at radius 3 is 2.68 bits per heavy atom. The Balaban J connectivity index is 2.14. The number of primary sulfonamides is 1. The van der Waals surface area contributed by atoms with Crippen molar-refractivity contribution in [3.8, 4) is 5.75 Å². The first-order chi connectivity index (χ1) is 8.86. The van der Waals surface area contributed by atoms with Gasteiger partial charge in [0.05, 0.1) is 11.1 Å². The Morgan fingerprint density at radius 1 is 1.42 bits per heavy atom. The van der Waals surface area contributed by atoms with Crippen molar-refractivity contribution in [2.24, 2.45) is 12.2 Å². The maximum Gasteiger partial charge on any atom is 0.238 e. The highest BCUT2D eigenvalue weighted by Crippen LogP contribution is 2.21. The molecule has 0 atom stereocenters. The number of sulfonamides is 1. The third-order valence-corrected chi connectivity index (χ3v) is 3.41. The molecule has 2 rings (SSSR count). The van der Waals surface area contributed by atoms with E-state index in [1.165, 1.54) is 12.1 Å². The summed E-state index contributed by atoms with van der Waals surface area (Å²) in [5, 5.41) is 12.7. The number of ether oxygens (including phenoxy) is 1. The van der Waals surface area contributed by atoms with E-state index in [2.05, 4.69) is 10.3 Å². The fraction of sp³-hybridized carbons (Fsp3) is 0.273. The van der Waals surface area contributed by atoms with E-state index in [1.807, 2.05) is 0 Å². The molecule has 0 spiro atoms. The SMILES string of the molecule is Cc1cc(S(N)(=O)=O)ccc1OCc1cn(C)nn1. The van der Waals surface area contributed by atoms with Crippen LogP contribution in [0, 0.1) is 6.92 Å². The topological polar surface area (TPSA) is 100 Å². The Bertz CT molecular complexity index is 694. The lowest BCUT2D eigenvalue weighted by Gasteiger charge is -2.08. The minimum Gasteiger partial charge on any atom is -0.487 e. The molecule has 1 aromatic heterocycles. The van der Waals surface area contributed by atoms with Gasteiger partial charge < -0.3 is 4.74 Å². The zero-order chi connectivity index (χ0) is 14.0. The molecule has 0 aliphatic carbocycles. The van der Waals surface area contributed by atoms with Gasteiger partial charge in [-0.2, -0.15) is 0 Å². The van der Waals surface area contributed by atoms with Crippen LogP contribution in [0.5, 0.6) is 5.75 Å². The molecule has 0 saturated heterocycles. The maximum absolute atomic E-state index is 11.2. The third kappa shape index (κ3) is 3.30. The first-order valence-electron chi connectivity index (χ1n) is 5.48. The second-order valence-corrected chi connectivity index (χ2v) is 5.71. The Labute approximate surface area is 111 Å². The molecule has 1 heterocycles. The zero-order valence-electron chi connectivity index (χ0n) is 10.6. The average molecular weight is 282 g/mol. The predicted octanol–water partition coefficient (Wildman–Crippen LogP) is 0.350. The lowest BCUT2D eigenvalue weighted by atomic mass is 10.2. The molecule has 0 unspecified atom stereocenters. The molecule has 7 nitrogen and oxygen atoms in total. The first kappa shape index (κ1) is 13.5. The average Bonchev–Trinajstić information content (AvgIpc) is 2.72. The van der Waals surface area contributed by atoms with Gasteiger partial charge in [-0.05, 0) is 30.7 Å². The molecular weight excluding hydrogens is 268 g/mol. The van der Waals surface area contributed by atoms with E-state index in [0.717, 1.165) is 0 Å². The summed E-state index contributed by atoms with van der Waals surface area (Å²) in [5.74, 6) is 0.582. The molecule has 2 N–H and O–H groups in total. The number of nitrogens with two attached hydrogens (primary N) is 1. The molecule has 8 heteroatoms. The normalized spacial score (nSPS) is 11.5. The summed E-state index contributed by atoms with van der Waals surface area (Å²) in [6.07, 6.45) is 1.74. The summed E-state index contributed by atoms with van der Waals surface area (Å²) < 4.78 is 29.5. The van der Waals surface area contributed by atoms with Crippen molar-refractivity contribution in [3.05, 3.63) is 35.7 Å². The van der Waals surface area contributed by atoms with Crippen LogP contribution in [0.3, 0.4) is 0 Å². The second-order valence-electron chi connectivity index (χ2n) is 4.14. The van der Waals surface area contributed by atoms with Crippen LogP contribution in [0.15, 0.2) is 29.3 Å². The van der Waals surface area contributed by atoms with Gasteiger partial charge in [0.2, 0.25) is 10.0 Å². The zero-order valence-corrected chi connectivity index (χ0v) is 11.4. The highest BCUT2D eigenvalue weighted by atomic mass is 32.2. The number of hydrogen-bond acceptors (Lipinski definition) is 5. The summed E-state index contributed by atoms with van der Waals surface area (Å²) in [6.45, 7) is 2.02. The van der Waals surface area contributed by atoms with E-state index in [1.54, 1.807) is 30.9 Å². The number of nitrogens with zero attached hydrogens (tertiary/aromatic N) is 3. The second kappa shape index (κ2) is 4.98. The van der Waals surface area contributed by atoms with Crippen LogP contribution in [0.2, 0.25) is 0 Å². The van der Waals surface area contributed by atoms with E-state index >= 15 is 0 Å². The van der Waals surface area contributed by atoms with Crippen molar-refractivity contribution in [2.75, 3.05) is 0 Å². The summed E-state index contributed by atoms with van der Waals surface area (Å²) >= 11 is 0. The van der Waals surface area contributed by atoms with Crippen molar-refractivity contribution in [3.63, 3.8) is 0 Å². The molecule has 19 heavy (non-hydrogen) atoms. The van der Waals surface area contributed by atoms with E-state index in [9.17, 15) is 8.42 Å². The maximum atomic E-state index is 11.2. The molecule has 0 saturated carbocycles. The van der Waals surface area contributed by atoms with Gasteiger partial charge in [0, 0.05) is 7.05 Å². The van der Waals surface area contributed by atoms with Crippen molar-refractivity contribution < 1.29 is 13.2 Å². The van der Waals surface area contributed by atoms with Crippen LogP contribution in [0.25, 0.3) is 0 Å². The predicted molar refractivity (Wildman–Crippen MR) is 67.9 cm³/mol. The van der Waals surface area contributed by atoms with Gasteiger partial charge in [0.1, 0.15) is 18.1 Å². The van der Waals surface area contributed by atoms with Gasteiger partial charge in [-0.25, -0.2) is 13.6 Å². The quantitative estimate of drug-likeness (QED) is 0.872. The van der Waals surface area contributed by atoms with E-state index in [4.69, 9.17) is 9.88 Å². The largest absolute Gasteiger partial charge is 0.487 e. The monoisotopic (exact) mass is 282 g/mol. The highest BCUT2D eigenvalue weighted by Gasteiger charge is 2.10. The molecular formula is C11H14N4O3S.